The van der Waals surface area contributed by atoms with Gasteiger partial charge in [-0.15, -0.1) is 0 Å². The molecule has 16 heteroatoms. The number of imidazole rings is 1. The van der Waals surface area contributed by atoms with Crippen molar-refractivity contribution in [1.82, 2.24) is 29.8 Å². The Balaban J connectivity index is 1.19. The number of methoxy groups -OCH3 is 2. The van der Waals surface area contributed by atoms with E-state index in [1.807, 2.05) is 11.9 Å². The third kappa shape index (κ3) is 7.41. The smallest absolute Gasteiger partial charge is 0.418 e. The first-order valence-corrected chi connectivity index (χ1v) is 17.7. The van der Waals surface area contributed by atoms with Crippen LogP contribution in [0.15, 0.2) is 36.7 Å². The Labute approximate surface area is 303 Å². The van der Waals surface area contributed by atoms with Gasteiger partial charge in [0.1, 0.15) is 17.3 Å². The van der Waals surface area contributed by atoms with Gasteiger partial charge in [-0.3, -0.25) is 24.9 Å². The summed E-state index contributed by atoms with van der Waals surface area (Å²) in [4.78, 5) is 62.8. The van der Waals surface area contributed by atoms with Crippen LogP contribution in [-0.4, -0.2) is 94.6 Å². The van der Waals surface area contributed by atoms with Gasteiger partial charge in [-0.1, -0.05) is 12.8 Å². The van der Waals surface area contributed by atoms with Crippen LogP contribution < -0.4 is 10.2 Å². The van der Waals surface area contributed by atoms with E-state index in [4.69, 9.17) is 9.47 Å². The molecule has 0 aromatic carbocycles. The Morgan fingerprint density at radius 3 is 2.47 bits per heavy atom. The maximum absolute atomic E-state index is 14.2. The zero-order valence-corrected chi connectivity index (χ0v) is 29.8. The first-order chi connectivity index (χ1) is 25.4. The van der Waals surface area contributed by atoms with E-state index in [1.54, 1.807) is 13.2 Å². The number of ether oxygens (including phenoxy) is 2. The SMILES string of the molecule is COCC1(CN(C)c2cc(-c3cnc(C4CC4)c(C(F)(F)F)c3)nc3nc(NC(=O)c4ccc(C(=O)N5CCCC5C(=O)OC)cn4)[nH]c23)CCCC1. The van der Waals surface area contributed by atoms with Gasteiger partial charge in [-0.2, -0.15) is 18.2 Å². The molecule has 3 aliphatic rings. The van der Waals surface area contributed by atoms with E-state index >= 15 is 0 Å². The molecule has 1 saturated heterocycles. The maximum Gasteiger partial charge on any atom is 0.418 e. The highest BCUT2D eigenvalue weighted by molar-refractivity contribution is 6.04. The highest BCUT2D eigenvalue weighted by Crippen LogP contribution is 2.46. The number of hydrogen-bond donors (Lipinski definition) is 2. The van der Waals surface area contributed by atoms with Gasteiger partial charge in [0.15, 0.2) is 5.65 Å². The van der Waals surface area contributed by atoms with Crippen molar-refractivity contribution in [2.24, 2.45) is 5.41 Å². The molecule has 13 nitrogen and oxygen atoms in total. The number of aromatic nitrogens is 5. The number of rotatable bonds is 11. The molecule has 280 valence electrons. The van der Waals surface area contributed by atoms with Gasteiger partial charge in [0.25, 0.3) is 11.8 Å². The molecular formula is C37H41F3N8O5. The molecule has 1 atom stereocenters. The summed E-state index contributed by atoms with van der Waals surface area (Å²) < 4.78 is 53.1. The first kappa shape index (κ1) is 36.2. The number of carbonyl (C=O) groups is 3. The van der Waals surface area contributed by atoms with Crippen molar-refractivity contribution in [3.63, 3.8) is 0 Å². The molecule has 1 unspecified atom stereocenters. The van der Waals surface area contributed by atoms with Gasteiger partial charge in [0.2, 0.25) is 5.95 Å². The molecule has 2 amide bonds. The fraction of sp³-hybridized carbons (Fsp3) is 0.486. The van der Waals surface area contributed by atoms with Gasteiger partial charge < -0.3 is 24.3 Å². The van der Waals surface area contributed by atoms with Crippen LogP contribution in [-0.2, 0) is 20.4 Å². The molecule has 0 spiro atoms. The number of nitrogens with one attached hydrogen (secondary N) is 2. The Kier molecular flexibility index (Phi) is 9.83. The molecule has 2 aliphatic carbocycles. The fourth-order valence-electron chi connectivity index (χ4n) is 7.75. The fourth-order valence-corrected chi connectivity index (χ4v) is 7.75. The van der Waals surface area contributed by atoms with E-state index < -0.39 is 35.6 Å². The summed E-state index contributed by atoms with van der Waals surface area (Å²) in [5, 5.41) is 2.70. The molecule has 0 radical (unpaired) electrons. The quantitative estimate of drug-likeness (QED) is 0.176. The Morgan fingerprint density at radius 2 is 1.81 bits per heavy atom. The van der Waals surface area contributed by atoms with Crippen LogP contribution in [0.1, 0.15) is 89.4 Å². The van der Waals surface area contributed by atoms with Crippen molar-refractivity contribution in [3.8, 4) is 11.3 Å². The molecular weight excluding hydrogens is 693 g/mol. The van der Waals surface area contributed by atoms with Gasteiger partial charge >= 0.3 is 12.1 Å². The number of esters is 1. The Bertz CT molecular complexity index is 2030. The van der Waals surface area contributed by atoms with Crippen LogP contribution in [0.4, 0.5) is 24.8 Å². The van der Waals surface area contributed by atoms with E-state index in [1.165, 1.54) is 36.5 Å². The molecule has 2 saturated carbocycles. The predicted octanol–water partition coefficient (Wildman–Crippen LogP) is 5.98. The van der Waals surface area contributed by atoms with Crippen molar-refractivity contribution in [1.29, 1.82) is 0 Å². The number of likely N-dealkylation sites (tertiary alicyclic amines) is 1. The number of carbonyl (C=O) groups excluding carboxylic acids is 3. The molecule has 53 heavy (non-hydrogen) atoms. The Morgan fingerprint density at radius 1 is 1.04 bits per heavy atom. The number of hydrogen-bond acceptors (Lipinski definition) is 10. The standard InChI is InChI=1S/C37H41F3N8O5/c1-47(19-36(20-52-2)12-4-5-13-36)28-16-26(23-15-24(37(38,39)40)29(42-18-23)21-8-9-21)43-31-30(28)44-35(45-31)46-32(49)25-11-10-22(17-41-25)33(50)48-14-6-7-27(48)34(51)53-3/h10-11,15-18,21,27H,4-9,12-14,19-20H2,1-3H3,(H2,43,44,45,46,49). The molecule has 1 aliphatic heterocycles. The first-order valence-electron chi connectivity index (χ1n) is 17.7. The van der Waals surface area contributed by atoms with E-state index in [2.05, 4.69) is 30.2 Å². The molecule has 0 bridgehead atoms. The number of nitrogens with zero attached hydrogens (tertiary/aromatic N) is 6. The van der Waals surface area contributed by atoms with Crippen LogP contribution >= 0.6 is 0 Å². The lowest BCUT2D eigenvalue weighted by atomic mass is 9.86. The molecule has 4 aromatic heterocycles. The highest BCUT2D eigenvalue weighted by Gasteiger charge is 2.40. The number of anilines is 2. The number of aromatic amines is 1. The van der Waals surface area contributed by atoms with E-state index in [-0.39, 0.29) is 51.1 Å². The minimum Gasteiger partial charge on any atom is -0.467 e. The van der Waals surface area contributed by atoms with Crippen LogP contribution in [0, 0.1) is 5.41 Å². The second kappa shape index (κ2) is 14.4. The zero-order chi connectivity index (χ0) is 37.5. The summed E-state index contributed by atoms with van der Waals surface area (Å²) >= 11 is 0. The second-order valence-corrected chi connectivity index (χ2v) is 14.3. The summed E-state index contributed by atoms with van der Waals surface area (Å²) in [5.41, 5.74) is 1.15. The molecule has 2 N–H and O–H groups in total. The molecule has 7 rings (SSSR count). The number of alkyl halides is 3. The van der Waals surface area contributed by atoms with Crippen molar-refractivity contribution >= 4 is 40.6 Å². The lowest BCUT2D eigenvalue weighted by Crippen LogP contribution is -2.41. The van der Waals surface area contributed by atoms with E-state index in [0.29, 0.717) is 56.6 Å². The van der Waals surface area contributed by atoms with Crippen molar-refractivity contribution < 1.29 is 37.0 Å². The lowest BCUT2D eigenvalue weighted by molar-refractivity contribution is -0.145. The van der Waals surface area contributed by atoms with E-state index in [0.717, 1.165) is 31.7 Å². The molecule has 5 heterocycles. The van der Waals surface area contributed by atoms with Gasteiger partial charge in [-0.05, 0) is 62.8 Å². The van der Waals surface area contributed by atoms with Crippen molar-refractivity contribution in [3.05, 3.63) is 59.2 Å². The topological polar surface area (TPSA) is 156 Å². The van der Waals surface area contributed by atoms with Crippen molar-refractivity contribution in [2.75, 3.05) is 51.2 Å². The number of fused-ring (bicyclic) bond motifs is 1. The van der Waals surface area contributed by atoms with Gasteiger partial charge in [-0.25, -0.2) is 9.78 Å². The third-order valence-electron chi connectivity index (χ3n) is 10.5. The van der Waals surface area contributed by atoms with E-state index in [9.17, 15) is 27.6 Å². The average molecular weight is 735 g/mol. The number of amides is 2. The van der Waals surface area contributed by atoms with Crippen LogP contribution in [0.5, 0.6) is 0 Å². The van der Waals surface area contributed by atoms with Crippen molar-refractivity contribution in [2.45, 2.75) is 69.5 Å². The van der Waals surface area contributed by atoms with Crippen LogP contribution in [0.3, 0.4) is 0 Å². The highest BCUT2D eigenvalue weighted by atomic mass is 19.4. The average Bonchev–Trinajstić information content (AvgIpc) is 3.48. The zero-order valence-electron chi connectivity index (χ0n) is 29.8. The summed E-state index contributed by atoms with van der Waals surface area (Å²) in [6.45, 7) is 1.57. The summed E-state index contributed by atoms with van der Waals surface area (Å²) in [6.07, 6.45) is 4.73. The monoisotopic (exact) mass is 734 g/mol. The molecule has 4 aromatic rings. The number of halogens is 3. The van der Waals surface area contributed by atoms with Gasteiger partial charge in [0, 0.05) is 56.5 Å². The van der Waals surface area contributed by atoms with Gasteiger partial charge in [0.05, 0.1) is 41.9 Å². The lowest BCUT2D eigenvalue weighted by Gasteiger charge is -2.34. The number of pyridine rings is 3. The Hall–Kier alpha value is -5.12. The van der Waals surface area contributed by atoms with Crippen LogP contribution in [0.25, 0.3) is 22.4 Å². The largest absolute Gasteiger partial charge is 0.467 e. The summed E-state index contributed by atoms with van der Waals surface area (Å²) in [6, 6.07) is 5.02. The second-order valence-electron chi connectivity index (χ2n) is 14.3. The summed E-state index contributed by atoms with van der Waals surface area (Å²) in [5.74, 6) is -1.64. The van der Waals surface area contributed by atoms with Crippen LogP contribution in [0.2, 0.25) is 0 Å². The number of H-pyrrole nitrogens is 1. The predicted molar refractivity (Wildman–Crippen MR) is 188 cm³/mol. The minimum absolute atomic E-state index is 0.00295. The normalized spacial score (nSPS) is 18.4. The maximum atomic E-state index is 14.2. The minimum atomic E-state index is -4.58. The third-order valence-corrected chi connectivity index (χ3v) is 10.5. The summed E-state index contributed by atoms with van der Waals surface area (Å²) in [7, 11) is 4.86. The molecule has 3 fully saturated rings.